The molecule has 0 unspecified atom stereocenters. The van der Waals surface area contributed by atoms with Gasteiger partial charge in [-0.1, -0.05) is 23.2 Å². The predicted octanol–water partition coefficient (Wildman–Crippen LogP) is 5.91. The van der Waals surface area contributed by atoms with Crippen molar-refractivity contribution >= 4 is 46.0 Å². The lowest BCUT2D eigenvalue weighted by molar-refractivity contribution is -0.122. The lowest BCUT2D eigenvalue weighted by Gasteiger charge is -2.17. The molecule has 0 spiro atoms. The van der Waals surface area contributed by atoms with Crippen LogP contribution in [0, 0.1) is 6.92 Å². The summed E-state index contributed by atoms with van der Waals surface area (Å²) in [6.07, 6.45) is 0.907. The maximum absolute atomic E-state index is 12.6. The number of oxazole rings is 1. The molecule has 6 nitrogen and oxygen atoms in total. The van der Waals surface area contributed by atoms with Gasteiger partial charge >= 0.3 is 0 Å². The molecule has 1 N–H and O–H groups in total. The van der Waals surface area contributed by atoms with Gasteiger partial charge in [0.1, 0.15) is 5.75 Å². The number of aromatic nitrogens is 2. The summed E-state index contributed by atoms with van der Waals surface area (Å²) < 4.78 is 11.4. The Labute approximate surface area is 182 Å². The molecule has 152 valence electrons. The number of halogens is 2. The third-order valence-electron chi connectivity index (χ3n) is 4.46. The summed E-state index contributed by atoms with van der Waals surface area (Å²) in [6.45, 7) is 3.54. The highest BCUT2D eigenvalue weighted by Crippen LogP contribution is 2.29. The van der Waals surface area contributed by atoms with Crippen LogP contribution in [0.2, 0.25) is 10.0 Å². The minimum absolute atomic E-state index is 0.303. The quantitative estimate of drug-likeness (QED) is 0.416. The van der Waals surface area contributed by atoms with Crippen molar-refractivity contribution in [3.05, 3.63) is 70.3 Å². The summed E-state index contributed by atoms with van der Waals surface area (Å²) in [5.41, 5.74) is 3.48. The standard InChI is InChI=1S/C22H17Cl2N3O3/c1-12-10-14(22-27-20-19(30-22)4-3-9-25-20)5-7-17(12)26-21(28)13(2)29-18-8-6-15(23)11-16(18)24/h3-11,13H,1-2H3,(H,26,28)/t13-/m1/s1. The van der Waals surface area contributed by atoms with Crippen molar-refractivity contribution in [2.75, 3.05) is 5.32 Å². The molecule has 30 heavy (non-hydrogen) atoms. The third kappa shape index (κ3) is 4.25. The van der Waals surface area contributed by atoms with Crippen LogP contribution in [-0.2, 0) is 4.79 Å². The van der Waals surface area contributed by atoms with Gasteiger partial charge in [0, 0.05) is 22.5 Å². The van der Waals surface area contributed by atoms with Gasteiger partial charge in [0.05, 0.1) is 5.02 Å². The van der Waals surface area contributed by atoms with E-state index in [1.54, 1.807) is 43.5 Å². The minimum Gasteiger partial charge on any atom is -0.479 e. The second-order valence-corrected chi connectivity index (χ2v) is 7.54. The number of benzene rings is 2. The van der Waals surface area contributed by atoms with E-state index in [2.05, 4.69) is 15.3 Å². The van der Waals surface area contributed by atoms with Gasteiger partial charge in [-0.2, -0.15) is 4.98 Å². The van der Waals surface area contributed by atoms with Crippen LogP contribution in [0.1, 0.15) is 12.5 Å². The normalized spacial score (nSPS) is 12.0. The number of pyridine rings is 1. The van der Waals surface area contributed by atoms with Gasteiger partial charge in [-0.15, -0.1) is 0 Å². The highest BCUT2D eigenvalue weighted by Gasteiger charge is 2.18. The molecule has 2 aromatic carbocycles. The molecule has 0 bridgehead atoms. The Balaban J connectivity index is 1.48. The van der Waals surface area contributed by atoms with Crippen LogP contribution in [0.5, 0.6) is 5.75 Å². The molecule has 2 heterocycles. The van der Waals surface area contributed by atoms with Gasteiger partial charge in [-0.3, -0.25) is 4.79 Å². The molecule has 0 radical (unpaired) electrons. The molecule has 1 amide bonds. The summed E-state index contributed by atoms with van der Waals surface area (Å²) in [7, 11) is 0. The van der Waals surface area contributed by atoms with Crippen molar-refractivity contribution in [3.63, 3.8) is 0 Å². The van der Waals surface area contributed by atoms with E-state index >= 15 is 0 Å². The first-order valence-corrected chi connectivity index (χ1v) is 9.91. The van der Waals surface area contributed by atoms with Gasteiger partial charge in [0.15, 0.2) is 17.3 Å². The van der Waals surface area contributed by atoms with Gasteiger partial charge in [-0.25, -0.2) is 4.98 Å². The number of ether oxygens (including phenoxy) is 1. The highest BCUT2D eigenvalue weighted by atomic mass is 35.5. The Morgan fingerprint density at radius 1 is 1.17 bits per heavy atom. The van der Waals surface area contributed by atoms with Crippen LogP contribution in [0.3, 0.4) is 0 Å². The average Bonchev–Trinajstić information content (AvgIpc) is 3.15. The van der Waals surface area contributed by atoms with Gasteiger partial charge in [-0.05, 0) is 67.9 Å². The molecule has 0 aliphatic carbocycles. The first-order chi connectivity index (χ1) is 14.4. The molecule has 0 fully saturated rings. The van der Waals surface area contributed by atoms with E-state index in [0.29, 0.717) is 38.6 Å². The number of amides is 1. The fourth-order valence-corrected chi connectivity index (χ4v) is 3.33. The van der Waals surface area contributed by atoms with Crippen LogP contribution >= 0.6 is 23.2 Å². The van der Waals surface area contributed by atoms with E-state index < -0.39 is 6.10 Å². The number of carbonyl (C=O) groups is 1. The Hall–Kier alpha value is -3.09. The Kier molecular flexibility index (Phi) is 5.61. The van der Waals surface area contributed by atoms with Crippen molar-refractivity contribution < 1.29 is 13.9 Å². The zero-order valence-corrected chi connectivity index (χ0v) is 17.7. The van der Waals surface area contributed by atoms with E-state index in [1.807, 2.05) is 25.1 Å². The maximum Gasteiger partial charge on any atom is 0.265 e. The summed E-state index contributed by atoms with van der Waals surface area (Å²) in [5, 5.41) is 3.71. The van der Waals surface area contributed by atoms with Crippen molar-refractivity contribution in [2.24, 2.45) is 0 Å². The number of rotatable bonds is 5. The number of aryl methyl sites for hydroxylation is 1. The fourth-order valence-electron chi connectivity index (χ4n) is 2.88. The lowest BCUT2D eigenvalue weighted by Crippen LogP contribution is -2.30. The van der Waals surface area contributed by atoms with Crippen LogP contribution in [0.4, 0.5) is 5.69 Å². The molecule has 8 heteroatoms. The van der Waals surface area contributed by atoms with E-state index in [9.17, 15) is 4.79 Å². The smallest absolute Gasteiger partial charge is 0.265 e. The van der Waals surface area contributed by atoms with Crippen LogP contribution in [-0.4, -0.2) is 22.0 Å². The number of hydrogen-bond donors (Lipinski definition) is 1. The second kappa shape index (κ2) is 8.34. The Morgan fingerprint density at radius 2 is 2.00 bits per heavy atom. The number of carbonyl (C=O) groups excluding carboxylic acids is 1. The predicted molar refractivity (Wildman–Crippen MR) is 117 cm³/mol. The molecule has 0 aliphatic heterocycles. The van der Waals surface area contributed by atoms with Crippen molar-refractivity contribution in [1.29, 1.82) is 0 Å². The molecular formula is C22H17Cl2N3O3. The summed E-state index contributed by atoms with van der Waals surface area (Å²) >= 11 is 12.0. The fraction of sp³-hybridized carbons (Fsp3) is 0.136. The van der Waals surface area contributed by atoms with Crippen molar-refractivity contribution in [2.45, 2.75) is 20.0 Å². The van der Waals surface area contributed by atoms with E-state index in [0.717, 1.165) is 11.1 Å². The van der Waals surface area contributed by atoms with Crippen molar-refractivity contribution in [1.82, 2.24) is 9.97 Å². The number of anilines is 1. The zero-order chi connectivity index (χ0) is 21.3. The SMILES string of the molecule is Cc1cc(-c2nc3ncccc3o2)ccc1NC(=O)[C@@H](C)Oc1ccc(Cl)cc1Cl. The molecule has 4 aromatic rings. The number of fused-ring (bicyclic) bond motifs is 1. The molecule has 0 saturated carbocycles. The first-order valence-electron chi connectivity index (χ1n) is 9.16. The summed E-state index contributed by atoms with van der Waals surface area (Å²) in [5.74, 6) is 0.557. The highest BCUT2D eigenvalue weighted by molar-refractivity contribution is 6.35. The molecule has 1 atom stereocenters. The third-order valence-corrected chi connectivity index (χ3v) is 4.99. The summed E-state index contributed by atoms with van der Waals surface area (Å²) in [4.78, 5) is 21.2. The van der Waals surface area contributed by atoms with E-state index in [1.165, 1.54) is 0 Å². The maximum atomic E-state index is 12.6. The summed E-state index contributed by atoms with van der Waals surface area (Å²) in [6, 6.07) is 14.0. The zero-order valence-electron chi connectivity index (χ0n) is 16.1. The minimum atomic E-state index is -0.758. The first kappa shape index (κ1) is 20.2. The molecule has 0 saturated heterocycles. The molecule has 0 aliphatic rings. The topological polar surface area (TPSA) is 77.3 Å². The number of nitrogens with one attached hydrogen (secondary N) is 1. The Bertz CT molecular complexity index is 1210. The molecule has 4 rings (SSSR count). The average molecular weight is 442 g/mol. The lowest BCUT2D eigenvalue weighted by atomic mass is 10.1. The molecule has 2 aromatic heterocycles. The van der Waals surface area contributed by atoms with E-state index in [4.69, 9.17) is 32.4 Å². The van der Waals surface area contributed by atoms with Crippen molar-refractivity contribution in [3.8, 4) is 17.2 Å². The monoisotopic (exact) mass is 441 g/mol. The largest absolute Gasteiger partial charge is 0.479 e. The van der Waals surface area contributed by atoms with Crippen LogP contribution < -0.4 is 10.1 Å². The van der Waals surface area contributed by atoms with Gasteiger partial charge in [0.2, 0.25) is 5.89 Å². The van der Waals surface area contributed by atoms with Crippen LogP contribution in [0.15, 0.2) is 59.1 Å². The van der Waals surface area contributed by atoms with Crippen LogP contribution in [0.25, 0.3) is 22.7 Å². The van der Waals surface area contributed by atoms with E-state index in [-0.39, 0.29) is 5.91 Å². The molecular weight excluding hydrogens is 425 g/mol. The van der Waals surface area contributed by atoms with Gasteiger partial charge in [0.25, 0.3) is 5.91 Å². The second-order valence-electron chi connectivity index (χ2n) is 6.70. The van der Waals surface area contributed by atoms with Gasteiger partial charge < -0.3 is 14.5 Å². The Morgan fingerprint density at radius 3 is 2.73 bits per heavy atom. The number of hydrogen-bond acceptors (Lipinski definition) is 5. The number of nitrogens with zero attached hydrogens (tertiary/aromatic N) is 2.